The van der Waals surface area contributed by atoms with Crippen molar-refractivity contribution in [2.24, 2.45) is 0 Å². The van der Waals surface area contributed by atoms with Crippen LogP contribution < -0.4 is 5.32 Å². The molecule has 0 saturated carbocycles. The average Bonchev–Trinajstić information content (AvgIpc) is 3.10. The van der Waals surface area contributed by atoms with Crippen molar-refractivity contribution in [3.05, 3.63) is 51.6 Å². The van der Waals surface area contributed by atoms with Crippen molar-refractivity contribution in [3.63, 3.8) is 0 Å². The van der Waals surface area contributed by atoms with E-state index in [-0.39, 0.29) is 21.3 Å². The van der Waals surface area contributed by atoms with Crippen LogP contribution in [0.1, 0.15) is 34.5 Å². The summed E-state index contributed by atoms with van der Waals surface area (Å²) in [6, 6.07) is 7.05. The van der Waals surface area contributed by atoms with Gasteiger partial charge in [0.15, 0.2) is 0 Å². The van der Waals surface area contributed by atoms with Gasteiger partial charge in [-0.1, -0.05) is 18.0 Å². The van der Waals surface area contributed by atoms with Gasteiger partial charge in [0.05, 0.1) is 12.1 Å². The number of benzene rings is 1. The van der Waals surface area contributed by atoms with Gasteiger partial charge >= 0.3 is 0 Å². The summed E-state index contributed by atoms with van der Waals surface area (Å²) < 4.78 is 40.8. The van der Waals surface area contributed by atoms with Gasteiger partial charge < -0.3 is 5.32 Å². The highest BCUT2D eigenvalue weighted by atomic mass is 35.5. The van der Waals surface area contributed by atoms with Crippen LogP contribution in [0.5, 0.6) is 0 Å². The van der Waals surface area contributed by atoms with Crippen LogP contribution in [0.4, 0.5) is 4.39 Å². The standard InChI is InChI=1S/C17H18ClFN2O3S2/c18-12-4-6-14(15(19)10-12)17(22)20-11-13-5-7-16(25-13)26(23,24)21-8-2-1-3-9-21/h4-7,10H,1-3,8-9,11H2,(H,20,22). The highest BCUT2D eigenvalue weighted by molar-refractivity contribution is 7.91. The number of rotatable bonds is 5. The minimum Gasteiger partial charge on any atom is -0.347 e. The zero-order chi connectivity index (χ0) is 18.7. The first-order chi connectivity index (χ1) is 12.4. The summed E-state index contributed by atoms with van der Waals surface area (Å²) in [5.74, 6) is -1.28. The van der Waals surface area contributed by atoms with Crippen LogP contribution in [0.3, 0.4) is 0 Å². The largest absolute Gasteiger partial charge is 0.347 e. The van der Waals surface area contributed by atoms with Crippen LogP contribution in [0.2, 0.25) is 5.02 Å². The Morgan fingerprint density at radius 3 is 2.62 bits per heavy atom. The van der Waals surface area contributed by atoms with Crippen molar-refractivity contribution in [2.75, 3.05) is 13.1 Å². The number of halogens is 2. The van der Waals surface area contributed by atoms with Gasteiger partial charge in [0.25, 0.3) is 15.9 Å². The van der Waals surface area contributed by atoms with Gasteiger partial charge in [-0.05, 0) is 43.2 Å². The molecular formula is C17H18ClFN2O3S2. The monoisotopic (exact) mass is 416 g/mol. The minimum atomic E-state index is -3.48. The highest BCUT2D eigenvalue weighted by Gasteiger charge is 2.27. The Morgan fingerprint density at radius 1 is 1.19 bits per heavy atom. The Hall–Kier alpha value is -1.48. The van der Waals surface area contributed by atoms with E-state index in [2.05, 4.69) is 5.32 Å². The Morgan fingerprint density at radius 2 is 1.92 bits per heavy atom. The molecule has 5 nitrogen and oxygen atoms in total. The van der Waals surface area contributed by atoms with Crippen LogP contribution in [0.15, 0.2) is 34.5 Å². The van der Waals surface area contributed by atoms with E-state index in [1.54, 1.807) is 12.1 Å². The number of amides is 1. The molecule has 1 aromatic heterocycles. The number of nitrogens with zero attached hydrogens (tertiary/aromatic N) is 1. The first-order valence-electron chi connectivity index (χ1n) is 8.20. The molecule has 0 aliphatic carbocycles. The zero-order valence-corrected chi connectivity index (χ0v) is 16.3. The maximum Gasteiger partial charge on any atom is 0.254 e. The fraction of sp³-hybridized carbons (Fsp3) is 0.353. The lowest BCUT2D eigenvalue weighted by atomic mass is 10.2. The van der Waals surface area contributed by atoms with Gasteiger partial charge in [0.2, 0.25) is 0 Å². The summed E-state index contributed by atoms with van der Waals surface area (Å²) in [5, 5.41) is 2.81. The van der Waals surface area contributed by atoms with Crippen molar-refractivity contribution in [1.82, 2.24) is 9.62 Å². The van der Waals surface area contributed by atoms with Gasteiger partial charge in [0, 0.05) is 23.0 Å². The normalized spacial score (nSPS) is 15.8. The first-order valence-corrected chi connectivity index (χ1v) is 10.8. The number of sulfonamides is 1. The summed E-state index contributed by atoms with van der Waals surface area (Å²) in [6.45, 7) is 1.21. The number of carbonyl (C=O) groups excluding carboxylic acids is 1. The van der Waals surface area contributed by atoms with Crippen LogP contribution in [0.25, 0.3) is 0 Å². The van der Waals surface area contributed by atoms with Crippen LogP contribution in [0, 0.1) is 5.82 Å². The number of hydrogen-bond acceptors (Lipinski definition) is 4. The minimum absolute atomic E-state index is 0.105. The molecule has 0 unspecified atom stereocenters. The van der Waals surface area contributed by atoms with E-state index in [4.69, 9.17) is 11.6 Å². The van der Waals surface area contributed by atoms with Crippen molar-refractivity contribution >= 4 is 38.9 Å². The third kappa shape index (κ3) is 4.25. The van der Waals surface area contributed by atoms with Crippen molar-refractivity contribution in [3.8, 4) is 0 Å². The second-order valence-corrected chi connectivity index (χ2v) is 9.76. The molecule has 0 spiro atoms. The quantitative estimate of drug-likeness (QED) is 0.809. The second-order valence-electron chi connectivity index (χ2n) is 5.99. The molecule has 140 valence electrons. The fourth-order valence-corrected chi connectivity index (χ4v) is 5.89. The number of carbonyl (C=O) groups is 1. The van der Waals surface area contributed by atoms with Crippen LogP contribution >= 0.6 is 22.9 Å². The fourth-order valence-electron chi connectivity index (χ4n) is 2.76. The predicted octanol–water partition coefficient (Wildman–Crippen LogP) is 3.65. The molecule has 2 heterocycles. The molecule has 0 radical (unpaired) electrons. The van der Waals surface area contributed by atoms with Gasteiger partial charge in [-0.25, -0.2) is 12.8 Å². The molecule has 0 atom stereocenters. The Kier molecular flexibility index (Phi) is 5.96. The number of piperidine rings is 1. The lowest BCUT2D eigenvalue weighted by Crippen LogP contribution is -2.35. The number of nitrogens with one attached hydrogen (secondary N) is 1. The molecule has 0 bridgehead atoms. The third-order valence-electron chi connectivity index (χ3n) is 4.15. The van der Waals surface area contributed by atoms with E-state index < -0.39 is 21.7 Å². The molecule has 26 heavy (non-hydrogen) atoms. The van der Waals surface area contributed by atoms with E-state index >= 15 is 0 Å². The van der Waals surface area contributed by atoms with Gasteiger partial charge in [0.1, 0.15) is 10.0 Å². The average molecular weight is 417 g/mol. The zero-order valence-electron chi connectivity index (χ0n) is 13.9. The summed E-state index contributed by atoms with van der Waals surface area (Å²) in [4.78, 5) is 12.8. The van der Waals surface area contributed by atoms with Crippen LogP contribution in [-0.2, 0) is 16.6 Å². The topological polar surface area (TPSA) is 66.5 Å². The van der Waals surface area contributed by atoms with Gasteiger partial charge in [-0.3, -0.25) is 4.79 Å². The first kappa shape index (κ1) is 19.3. The molecule has 2 aromatic rings. The maximum atomic E-state index is 13.8. The smallest absolute Gasteiger partial charge is 0.254 e. The van der Waals surface area contributed by atoms with Gasteiger partial charge in [-0.15, -0.1) is 11.3 Å². The molecule has 1 N–H and O–H groups in total. The maximum absolute atomic E-state index is 13.8. The molecule has 1 aromatic carbocycles. The van der Waals surface area contributed by atoms with Crippen molar-refractivity contribution < 1.29 is 17.6 Å². The highest BCUT2D eigenvalue weighted by Crippen LogP contribution is 2.27. The molecular weight excluding hydrogens is 399 g/mol. The van der Waals surface area contributed by atoms with E-state index in [0.717, 1.165) is 36.7 Å². The molecule has 1 saturated heterocycles. The van der Waals surface area contributed by atoms with E-state index in [9.17, 15) is 17.6 Å². The molecule has 1 fully saturated rings. The lowest BCUT2D eigenvalue weighted by Gasteiger charge is -2.25. The molecule has 3 rings (SSSR count). The molecule has 1 amide bonds. The van der Waals surface area contributed by atoms with E-state index in [1.807, 2.05) is 0 Å². The predicted molar refractivity (Wildman–Crippen MR) is 99.5 cm³/mol. The SMILES string of the molecule is O=C(NCc1ccc(S(=O)(=O)N2CCCCC2)s1)c1ccc(Cl)cc1F. The van der Waals surface area contributed by atoms with Gasteiger partial charge in [-0.2, -0.15) is 4.31 Å². The summed E-state index contributed by atoms with van der Waals surface area (Å²) in [5.41, 5.74) is -0.105. The Bertz CT molecular complexity index is 908. The summed E-state index contributed by atoms with van der Waals surface area (Å²) >= 11 is 6.79. The molecule has 1 aliphatic heterocycles. The third-order valence-corrected chi connectivity index (χ3v) is 7.83. The Balaban J connectivity index is 1.66. The second kappa shape index (κ2) is 8.04. The van der Waals surface area contributed by atoms with Crippen molar-refractivity contribution in [2.45, 2.75) is 30.0 Å². The van der Waals surface area contributed by atoms with E-state index in [1.165, 1.54) is 16.4 Å². The lowest BCUT2D eigenvalue weighted by molar-refractivity contribution is 0.0947. The Labute approximate surface area is 160 Å². The number of hydrogen-bond donors (Lipinski definition) is 1. The summed E-state index contributed by atoms with van der Waals surface area (Å²) in [6.07, 6.45) is 2.80. The summed E-state index contributed by atoms with van der Waals surface area (Å²) in [7, 11) is -3.48. The van der Waals surface area contributed by atoms with Crippen molar-refractivity contribution in [1.29, 1.82) is 0 Å². The van der Waals surface area contributed by atoms with E-state index in [0.29, 0.717) is 18.0 Å². The molecule has 1 aliphatic rings. The number of thiophene rings is 1. The van der Waals surface area contributed by atoms with Crippen LogP contribution in [-0.4, -0.2) is 31.7 Å². The molecule has 9 heteroatoms.